The lowest BCUT2D eigenvalue weighted by Gasteiger charge is -2.16. The number of carbonyl (C=O) groups is 2. The number of nitrogens with zero attached hydrogens (tertiary/aromatic N) is 2. The standard InChI is InChI=1S/C15H14N2O4/c1-9-6-10(16-21-9)7-14(18)17-8-12(15(19)20)11-4-2-3-5-13(11)17/h2-6,12H,7-8H2,1H3,(H,19,20)/t12-/m0/s1. The van der Waals surface area contributed by atoms with Crippen molar-refractivity contribution in [3.63, 3.8) is 0 Å². The van der Waals surface area contributed by atoms with Crippen molar-refractivity contribution in [3.8, 4) is 0 Å². The molecule has 1 aliphatic rings. The minimum Gasteiger partial charge on any atom is -0.481 e. The van der Waals surface area contributed by atoms with Crippen molar-refractivity contribution < 1.29 is 19.2 Å². The van der Waals surface area contributed by atoms with Crippen molar-refractivity contribution in [2.24, 2.45) is 0 Å². The highest BCUT2D eigenvalue weighted by Gasteiger charge is 2.36. The summed E-state index contributed by atoms with van der Waals surface area (Å²) in [7, 11) is 0. The number of carbonyl (C=O) groups excluding carboxylic acids is 1. The van der Waals surface area contributed by atoms with Crippen LogP contribution in [0.1, 0.15) is 22.9 Å². The summed E-state index contributed by atoms with van der Waals surface area (Å²) in [4.78, 5) is 25.2. The fourth-order valence-corrected chi connectivity index (χ4v) is 2.61. The molecule has 0 radical (unpaired) electrons. The van der Waals surface area contributed by atoms with Gasteiger partial charge in [-0.25, -0.2) is 0 Å². The molecule has 6 nitrogen and oxygen atoms in total. The molecule has 108 valence electrons. The van der Waals surface area contributed by atoms with E-state index in [1.54, 1.807) is 37.3 Å². The van der Waals surface area contributed by atoms with Gasteiger partial charge in [0.25, 0.3) is 0 Å². The van der Waals surface area contributed by atoms with Crippen LogP contribution < -0.4 is 4.90 Å². The van der Waals surface area contributed by atoms with Crippen LogP contribution in [-0.2, 0) is 16.0 Å². The quantitative estimate of drug-likeness (QED) is 0.929. The Hall–Kier alpha value is -2.63. The molecule has 0 spiro atoms. The fourth-order valence-electron chi connectivity index (χ4n) is 2.61. The molecule has 6 heteroatoms. The second kappa shape index (κ2) is 5.05. The van der Waals surface area contributed by atoms with Gasteiger partial charge in [-0.3, -0.25) is 9.59 Å². The third-order valence-corrected chi connectivity index (χ3v) is 3.58. The number of aryl methyl sites for hydroxylation is 1. The largest absolute Gasteiger partial charge is 0.481 e. The Balaban J connectivity index is 1.86. The van der Waals surface area contributed by atoms with Gasteiger partial charge in [-0.2, -0.15) is 0 Å². The maximum Gasteiger partial charge on any atom is 0.312 e. The van der Waals surface area contributed by atoms with E-state index < -0.39 is 11.9 Å². The number of aliphatic carboxylic acids is 1. The minimum absolute atomic E-state index is 0.0953. The van der Waals surface area contributed by atoms with E-state index in [0.717, 1.165) is 0 Å². The highest BCUT2D eigenvalue weighted by molar-refractivity contribution is 5.99. The molecular formula is C15H14N2O4. The van der Waals surface area contributed by atoms with Crippen LogP contribution in [0.5, 0.6) is 0 Å². The second-order valence-electron chi connectivity index (χ2n) is 5.06. The van der Waals surface area contributed by atoms with Gasteiger partial charge in [-0.15, -0.1) is 0 Å². The van der Waals surface area contributed by atoms with Crippen molar-refractivity contribution in [2.75, 3.05) is 11.4 Å². The number of fused-ring (bicyclic) bond motifs is 1. The number of anilines is 1. The van der Waals surface area contributed by atoms with Crippen LogP contribution in [0.4, 0.5) is 5.69 Å². The molecule has 0 saturated heterocycles. The molecule has 0 bridgehead atoms. The van der Waals surface area contributed by atoms with Crippen molar-refractivity contribution in [1.82, 2.24) is 5.16 Å². The maximum absolute atomic E-state index is 12.4. The van der Waals surface area contributed by atoms with Gasteiger partial charge in [0.05, 0.1) is 12.1 Å². The first-order valence-electron chi connectivity index (χ1n) is 6.60. The first kappa shape index (κ1) is 13.4. The summed E-state index contributed by atoms with van der Waals surface area (Å²) >= 11 is 0. The van der Waals surface area contributed by atoms with E-state index in [1.165, 1.54) is 4.90 Å². The van der Waals surface area contributed by atoms with Crippen molar-refractivity contribution in [3.05, 3.63) is 47.3 Å². The number of carboxylic acid groups (broad SMARTS) is 1. The Morgan fingerprint density at radius 3 is 2.86 bits per heavy atom. The van der Waals surface area contributed by atoms with E-state index in [2.05, 4.69) is 5.16 Å². The molecule has 0 aliphatic carbocycles. The monoisotopic (exact) mass is 286 g/mol. The number of hydrogen-bond donors (Lipinski definition) is 1. The summed E-state index contributed by atoms with van der Waals surface area (Å²) in [6.45, 7) is 1.91. The summed E-state index contributed by atoms with van der Waals surface area (Å²) in [5, 5.41) is 13.1. The Morgan fingerprint density at radius 1 is 1.43 bits per heavy atom. The summed E-state index contributed by atoms with van der Waals surface area (Å²) in [5.74, 6) is -1.14. The number of para-hydroxylation sites is 1. The highest BCUT2D eigenvalue weighted by atomic mass is 16.5. The van der Waals surface area contributed by atoms with Gasteiger partial charge in [0.15, 0.2) is 0 Å². The molecule has 1 aromatic carbocycles. The van der Waals surface area contributed by atoms with E-state index in [1.807, 2.05) is 0 Å². The van der Waals surface area contributed by atoms with Crippen LogP contribution in [0.3, 0.4) is 0 Å². The molecule has 2 heterocycles. The number of carboxylic acids is 1. The number of benzene rings is 1. The first-order valence-corrected chi connectivity index (χ1v) is 6.60. The van der Waals surface area contributed by atoms with Gasteiger partial charge in [0, 0.05) is 18.3 Å². The summed E-state index contributed by atoms with van der Waals surface area (Å²) < 4.78 is 4.94. The van der Waals surface area contributed by atoms with Crippen LogP contribution in [0.25, 0.3) is 0 Å². The van der Waals surface area contributed by atoms with E-state index in [-0.39, 0.29) is 18.9 Å². The molecule has 0 saturated carbocycles. The molecule has 0 fully saturated rings. The molecule has 1 amide bonds. The SMILES string of the molecule is Cc1cc(CC(=O)N2C[C@H](C(=O)O)c3ccccc32)no1. The Kier molecular flexibility index (Phi) is 3.21. The minimum atomic E-state index is -0.921. The average Bonchev–Trinajstić information content (AvgIpc) is 3.02. The van der Waals surface area contributed by atoms with Crippen LogP contribution in [0.15, 0.2) is 34.9 Å². The zero-order valence-electron chi connectivity index (χ0n) is 11.4. The Bertz CT molecular complexity index is 707. The third-order valence-electron chi connectivity index (χ3n) is 3.58. The third kappa shape index (κ3) is 2.40. The normalized spacial score (nSPS) is 16.8. The molecular weight excluding hydrogens is 272 g/mol. The fraction of sp³-hybridized carbons (Fsp3) is 0.267. The van der Waals surface area contributed by atoms with Crippen LogP contribution in [0.2, 0.25) is 0 Å². The Labute approximate surface area is 121 Å². The molecule has 21 heavy (non-hydrogen) atoms. The van der Waals surface area contributed by atoms with Gasteiger partial charge >= 0.3 is 5.97 Å². The van der Waals surface area contributed by atoms with Gasteiger partial charge in [-0.1, -0.05) is 23.4 Å². The smallest absolute Gasteiger partial charge is 0.312 e. The maximum atomic E-state index is 12.4. The zero-order chi connectivity index (χ0) is 15.0. The lowest BCUT2D eigenvalue weighted by molar-refractivity contribution is -0.138. The van der Waals surface area contributed by atoms with E-state index in [4.69, 9.17) is 4.52 Å². The van der Waals surface area contributed by atoms with Crippen LogP contribution in [0, 0.1) is 6.92 Å². The molecule has 1 N–H and O–H groups in total. The molecule has 3 rings (SSSR count). The number of amides is 1. The van der Waals surface area contributed by atoms with Crippen molar-refractivity contribution in [2.45, 2.75) is 19.3 Å². The summed E-state index contributed by atoms with van der Waals surface area (Å²) in [6.07, 6.45) is 0.0953. The molecule has 1 atom stereocenters. The molecule has 1 aliphatic heterocycles. The number of aromatic nitrogens is 1. The van der Waals surface area contributed by atoms with Gasteiger partial charge in [0.2, 0.25) is 5.91 Å². The lowest BCUT2D eigenvalue weighted by Crippen LogP contribution is -2.32. The number of hydrogen-bond acceptors (Lipinski definition) is 4. The van der Waals surface area contributed by atoms with Gasteiger partial charge < -0.3 is 14.5 Å². The van der Waals surface area contributed by atoms with Crippen LogP contribution in [-0.4, -0.2) is 28.7 Å². The second-order valence-corrected chi connectivity index (χ2v) is 5.06. The lowest BCUT2D eigenvalue weighted by atomic mass is 10.0. The predicted octanol–water partition coefficient (Wildman–Crippen LogP) is 1.74. The van der Waals surface area contributed by atoms with E-state index in [9.17, 15) is 14.7 Å². The average molecular weight is 286 g/mol. The van der Waals surface area contributed by atoms with Gasteiger partial charge in [-0.05, 0) is 18.6 Å². The molecule has 2 aromatic rings. The van der Waals surface area contributed by atoms with Crippen molar-refractivity contribution in [1.29, 1.82) is 0 Å². The predicted molar refractivity (Wildman–Crippen MR) is 74.1 cm³/mol. The zero-order valence-corrected chi connectivity index (χ0v) is 11.4. The first-order chi connectivity index (χ1) is 10.1. The van der Waals surface area contributed by atoms with Crippen molar-refractivity contribution >= 4 is 17.6 Å². The highest BCUT2D eigenvalue weighted by Crippen LogP contribution is 2.36. The Morgan fingerprint density at radius 2 is 2.19 bits per heavy atom. The topological polar surface area (TPSA) is 83.6 Å². The summed E-state index contributed by atoms with van der Waals surface area (Å²) in [6, 6.07) is 8.80. The van der Waals surface area contributed by atoms with E-state index >= 15 is 0 Å². The van der Waals surface area contributed by atoms with E-state index in [0.29, 0.717) is 22.7 Å². The van der Waals surface area contributed by atoms with Crippen LogP contribution >= 0.6 is 0 Å². The summed E-state index contributed by atoms with van der Waals surface area (Å²) in [5.41, 5.74) is 1.89. The number of rotatable bonds is 3. The molecule has 1 aromatic heterocycles. The van der Waals surface area contributed by atoms with Gasteiger partial charge in [0.1, 0.15) is 11.7 Å². The molecule has 0 unspecified atom stereocenters.